The van der Waals surface area contributed by atoms with Crippen molar-refractivity contribution in [3.63, 3.8) is 0 Å². The number of piperazine rings is 1. The zero-order chi connectivity index (χ0) is 18.7. The second-order valence-electron chi connectivity index (χ2n) is 7.44. The molecular formula is C19H29F2N3O2. The van der Waals surface area contributed by atoms with Gasteiger partial charge in [-0.2, -0.15) is 0 Å². The third-order valence-electron chi connectivity index (χ3n) is 5.27. The van der Waals surface area contributed by atoms with Crippen LogP contribution in [0.15, 0.2) is 12.1 Å². The van der Waals surface area contributed by atoms with E-state index in [1.54, 1.807) is 4.90 Å². The van der Waals surface area contributed by atoms with Crippen molar-refractivity contribution in [1.82, 2.24) is 9.80 Å². The van der Waals surface area contributed by atoms with Gasteiger partial charge in [0.1, 0.15) is 18.0 Å². The van der Waals surface area contributed by atoms with E-state index in [1.165, 1.54) is 12.1 Å². The maximum absolute atomic E-state index is 14.5. The summed E-state index contributed by atoms with van der Waals surface area (Å²) < 4.78 is 34.5. The van der Waals surface area contributed by atoms with Crippen LogP contribution < -0.4 is 9.64 Å². The highest BCUT2D eigenvalue weighted by Crippen LogP contribution is 2.29. The Labute approximate surface area is 154 Å². The molecule has 2 saturated heterocycles. The summed E-state index contributed by atoms with van der Waals surface area (Å²) in [4.78, 5) is 6.16. The van der Waals surface area contributed by atoms with Crippen LogP contribution in [0, 0.1) is 11.6 Å². The average Bonchev–Trinajstić information content (AvgIpc) is 3.00. The van der Waals surface area contributed by atoms with Crippen LogP contribution in [-0.4, -0.2) is 79.5 Å². The lowest BCUT2D eigenvalue weighted by atomic mass is 10.2. The van der Waals surface area contributed by atoms with Crippen LogP contribution in [0.25, 0.3) is 0 Å². The van der Waals surface area contributed by atoms with E-state index in [0.29, 0.717) is 38.8 Å². The number of aliphatic hydroxyl groups is 1. The van der Waals surface area contributed by atoms with Crippen LogP contribution in [0.1, 0.15) is 20.3 Å². The van der Waals surface area contributed by atoms with Gasteiger partial charge >= 0.3 is 0 Å². The summed E-state index contributed by atoms with van der Waals surface area (Å²) in [5.74, 6) is -0.937. The first-order chi connectivity index (χ1) is 12.4. The van der Waals surface area contributed by atoms with Crippen molar-refractivity contribution >= 4 is 5.69 Å². The quantitative estimate of drug-likeness (QED) is 0.830. The number of nitrogens with zero attached hydrogens (tertiary/aromatic N) is 3. The van der Waals surface area contributed by atoms with E-state index in [2.05, 4.69) is 23.6 Å². The van der Waals surface area contributed by atoms with Crippen LogP contribution in [-0.2, 0) is 0 Å². The Morgan fingerprint density at radius 3 is 2.31 bits per heavy atom. The largest absolute Gasteiger partial charge is 0.492 e. The van der Waals surface area contributed by atoms with Gasteiger partial charge in [0, 0.05) is 64.0 Å². The highest BCUT2D eigenvalue weighted by molar-refractivity contribution is 5.52. The molecule has 0 aliphatic carbocycles. The van der Waals surface area contributed by atoms with Gasteiger partial charge in [-0.05, 0) is 20.3 Å². The molecule has 146 valence electrons. The fourth-order valence-corrected chi connectivity index (χ4v) is 3.70. The minimum absolute atomic E-state index is 0.0448. The van der Waals surface area contributed by atoms with Crippen LogP contribution in [0.5, 0.6) is 5.75 Å². The van der Waals surface area contributed by atoms with Crippen molar-refractivity contribution in [3.05, 3.63) is 23.8 Å². The molecule has 0 radical (unpaired) electrons. The molecule has 1 N–H and O–H groups in total. The minimum Gasteiger partial charge on any atom is -0.492 e. The standard InChI is InChI=1S/C19H29F2N3O2/c1-14(2)23-5-7-24(8-6-23)19-17(20)11-16(12-18(19)21)26-10-9-22-4-3-15(25)13-22/h11-12,14-15,25H,3-10,13H2,1-2H3. The van der Waals surface area contributed by atoms with Crippen molar-refractivity contribution in [2.75, 3.05) is 57.3 Å². The summed E-state index contributed by atoms with van der Waals surface area (Å²) in [5, 5.41) is 9.50. The van der Waals surface area contributed by atoms with Gasteiger partial charge in [-0.1, -0.05) is 0 Å². The van der Waals surface area contributed by atoms with Crippen molar-refractivity contribution in [3.8, 4) is 5.75 Å². The second-order valence-corrected chi connectivity index (χ2v) is 7.44. The van der Waals surface area contributed by atoms with E-state index in [9.17, 15) is 13.9 Å². The van der Waals surface area contributed by atoms with E-state index in [1.807, 2.05) is 0 Å². The molecule has 0 amide bonds. The fourth-order valence-electron chi connectivity index (χ4n) is 3.70. The molecule has 2 aliphatic rings. The smallest absolute Gasteiger partial charge is 0.153 e. The SMILES string of the molecule is CC(C)N1CCN(c2c(F)cc(OCCN3CCC(O)C3)cc2F)CC1. The molecule has 7 heteroatoms. The predicted octanol–water partition coefficient (Wildman–Crippen LogP) is 1.94. The summed E-state index contributed by atoms with van der Waals surface area (Å²) in [6, 6.07) is 2.98. The van der Waals surface area contributed by atoms with Gasteiger partial charge in [0.25, 0.3) is 0 Å². The lowest BCUT2D eigenvalue weighted by molar-refractivity contribution is 0.167. The van der Waals surface area contributed by atoms with E-state index in [4.69, 9.17) is 4.74 Å². The molecule has 2 fully saturated rings. The summed E-state index contributed by atoms with van der Waals surface area (Å²) in [6.45, 7) is 9.54. The topological polar surface area (TPSA) is 39.2 Å². The zero-order valence-electron chi connectivity index (χ0n) is 15.6. The summed E-state index contributed by atoms with van der Waals surface area (Å²) in [5.41, 5.74) is 0.0448. The van der Waals surface area contributed by atoms with Gasteiger partial charge in [0.15, 0.2) is 11.6 Å². The number of ether oxygens (including phenoxy) is 1. The predicted molar refractivity (Wildman–Crippen MR) is 97.8 cm³/mol. The minimum atomic E-state index is -0.574. The maximum Gasteiger partial charge on any atom is 0.153 e. The number of anilines is 1. The molecule has 2 heterocycles. The number of rotatable bonds is 6. The van der Waals surface area contributed by atoms with Gasteiger partial charge in [-0.25, -0.2) is 8.78 Å². The number of aliphatic hydroxyl groups excluding tert-OH is 1. The summed E-state index contributed by atoms with van der Waals surface area (Å²) in [6.07, 6.45) is 0.488. The number of halogens is 2. The molecule has 0 aromatic heterocycles. The van der Waals surface area contributed by atoms with Crippen LogP contribution in [0.2, 0.25) is 0 Å². The molecular weight excluding hydrogens is 340 g/mol. The molecule has 0 saturated carbocycles. The summed E-state index contributed by atoms with van der Waals surface area (Å²) in [7, 11) is 0. The van der Waals surface area contributed by atoms with Crippen molar-refractivity contribution in [1.29, 1.82) is 0 Å². The molecule has 5 nitrogen and oxygen atoms in total. The number of hydrogen-bond acceptors (Lipinski definition) is 5. The molecule has 1 atom stereocenters. The molecule has 0 bridgehead atoms. The Bertz CT molecular complexity index is 583. The number of β-amino-alcohol motifs (C(OH)–C–C–N with tert-alkyl or cyclic N) is 1. The highest BCUT2D eigenvalue weighted by atomic mass is 19.1. The number of benzene rings is 1. The van der Waals surface area contributed by atoms with Crippen LogP contribution in [0.4, 0.5) is 14.5 Å². The fraction of sp³-hybridized carbons (Fsp3) is 0.684. The summed E-state index contributed by atoms with van der Waals surface area (Å²) >= 11 is 0. The lowest BCUT2D eigenvalue weighted by Gasteiger charge is -2.38. The van der Waals surface area contributed by atoms with E-state index >= 15 is 0 Å². The van der Waals surface area contributed by atoms with E-state index < -0.39 is 11.6 Å². The van der Waals surface area contributed by atoms with Crippen LogP contribution in [0.3, 0.4) is 0 Å². The average molecular weight is 369 g/mol. The first-order valence-corrected chi connectivity index (χ1v) is 9.45. The Morgan fingerprint density at radius 2 is 1.77 bits per heavy atom. The molecule has 3 rings (SSSR count). The van der Waals surface area contributed by atoms with Gasteiger partial charge in [0.2, 0.25) is 0 Å². The van der Waals surface area contributed by atoms with Crippen molar-refractivity contribution < 1.29 is 18.6 Å². The number of hydrogen-bond donors (Lipinski definition) is 1. The monoisotopic (exact) mass is 369 g/mol. The zero-order valence-corrected chi connectivity index (χ0v) is 15.6. The number of likely N-dealkylation sites (tertiary alicyclic amines) is 1. The normalized spacial score (nSPS) is 22.4. The van der Waals surface area contributed by atoms with Crippen LogP contribution >= 0.6 is 0 Å². The Balaban J connectivity index is 1.56. The molecule has 2 aliphatic heterocycles. The van der Waals surface area contributed by atoms with E-state index in [-0.39, 0.29) is 17.5 Å². The van der Waals surface area contributed by atoms with Gasteiger partial charge < -0.3 is 14.7 Å². The van der Waals surface area contributed by atoms with E-state index in [0.717, 1.165) is 26.1 Å². The molecule has 1 aromatic rings. The molecule has 1 unspecified atom stereocenters. The molecule has 1 aromatic carbocycles. The highest BCUT2D eigenvalue weighted by Gasteiger charge is 2.24. The van der Waals surface area contributed by atoms with Gasteiger partial charge in [-0.3, -0.25) is 9.80 Å². The van der Waals surface area contributed by atoms with Gasteiger partial charge in [0.05, 0.1) is 6.10 Å². The lowest BCUT2D eigenvalue weighted by Crippen LogP contribution is -2.49. The molecule has 0 spiro atoms. The second kappa shape index (κ2) is 8.50. The maximum atomic E-state index is 14.5. The molecule has 26 heavy (non-hydrogen) atoms. The van der Waals surface area contributed by atoms with Crippen molar-refractivity contribution in [2.45, 2.75) is 32.4 Å². The van der Waals surface area contributed by atoms with Crippen molar-refractivity contribution in [2.24, 2.45) is 0 Å². The Morgan fingerprint density at radius 1 is 1.12 bits per heavy atom. The third kappa shape index (κ3) is 4.64. The first kappa shape index (κ1) is 19.3. The first-order valence-electron chi connectivity index (χ1n) is 9.45. The Hall–Kier alpha value is -1.44. The third-order valence-corrected chi connectivity index (χ3v) is 5.27. The van der Waals surface area contributed by atoms with Gasteiger partial charge in [-0.15, -0.1) is 0 Å². The Kier molecular flexibility index (Phi) is 6.32.